The predicted octanol–water partition coefficient (Wildman–Crippen LogP) is 1.82. The topological polar surface area (TPSA) is 70.2 Å². The van der Waals surface area contributed by atoms with Gasteiger partial charge in [-0.15, -0.1) is 0 Å². The van der Waals surface area contributed by atoms with E-state index in [0.29, 0.717) is 6.54 Å². The van der Waals surface area contributed by atoms with Gasteiger partial charge in [0, 0.05) is 32.1 Å². The van der Waals surface area contributed by atoms with Gasteiger partial charge < -0.3 is 15.5 Å². The lowest BCUT2D eigenvalue weighted by atomic mass is 10.3. The van der Waals surface area contributed by atoms with E-state index in [-0.39, 0.29) is 11.9 Å². The van der Waals surface area contributed by atoms with E-state index in [9.17, 15) is 4.79 Å². The highest BCUT2D eigenvalue weighted by atomic mass is 16.2. The van der Waals surface area contributed by atoms with E-state index in [1.807, 2.05) is 38.8 Å². The van der Waals surface area contributed by atoms with Crippen LogP contribution in [0.3, 0.4) is 0 Å². The van der Waals surface area contributed by atoms with Crippen molar-refractivity contribution in [1.82, 2.24) is 15.3 Å². The van der Waals surface area contributed by atoms with Crippen molar-refractivity contribution in [3.8, 4) is 0 Å². The van der Waals surface area contributed by atoms with Crippen LogP contribution in [0.15, 0.2) is 6.07 Å². The zero-order chi connectivity index (χ0) is 15.8. The molecular formula is C15H27N5O. The van der Waals surface area contributed by atoms with E-state index >= 15 is 0 Å². The molecule has 0 aliphatic heterocycles. The Morgan fingerprint density at radius 2 is 2.05 bits per heavy atom. The maximum atomic E-state index is 11.9. The van der Waals surface area contributed by atoms with Crippen LogP contribution >= 0.6 is 0 Å². The number of aryl methyl sites for hydroxylation is 1. The quantitative estimate of drug-likeness (QED) is 0.765. The average molecular weight is 293 g/mol. The first kappa shape index (κ1) is 17.2. The average Bonchev–Trinajstić information content (AvgIpc) is 2.43. The minimum Gasteiger partial charge on any atom is -0.373 e. The molecule has 0 aromatic carbocycles. The minimum absolute atomic E-state index is 0.00788. The Hall–Kier alpha value is -1.85. The monoisotopic (exact) mass is 293 g/mol. The number of rotatable bonds is 8. The second kappa shape index (κ2) is 8.44. The molecule has 0 atom stereocenters. The van der Waals surface area contributed by atoms with Gasteiger partial charge in [-0.1, -0.05) is 6.92 Å². The van der Waals surface area contributed by atoms with Crippen molar-refractivity contribution in [1.29, 1.82) is 0 Å². The van der Waals surface area contributed by atoms with Gasteiger partial charge in [-0.25, -0.2) is 9.97 Å². The van der Waals surface area contributed by atoms with Gasteiger partial charge >= 0.3 is 0 Å². The first-order valence-corrected chi connectivity index (χ1v) is 7.60. The number of hydrogen-bond donors (Lipinski definition) is 2. The summed E-state index contributed by atoms with van der Waals surface area (Å²) < 4.78 is 0. The summed E-state index contributed by atoms with van der Waals surface area (Å²) in [4.78, 5) is 22.9. The summed E-state index contributed by atoms with van der Waals surface area (Å²) in [7, 11) is 1.84. The summed E-state index contributed by atoms with van der Waals surface area (Å²) in [6, 6.07) is 2.02. The summed E-state index contributed by atoms with van der Waals surface area (Å²) in [5.74, 6) is 2.39. The number of nitrogens with one attached hydrogen (secondary N) is 2. The van der Waals surface area contributed by atoms with Crippen LogP contribution in [0.1, 0.15) is 39.9 Å². The fourth-order valence-corrected chi connectivity index (χ4v) is 2.00. The molecule has 0 aliphatic carbocycles. The molecule has 0 bridgehead atoms. The third kappa shape index (κ3) is 5.57. The van der Waals surface area contributed by atoms with E-state index in [1.165, 1.54) is 0 Å². The molecule has 1 heterocycles. The Morgan fingerprint density at radius 1 is 1.33 bits per heavy atom. The van der Waals surface area contributed by atoms with Crippen molar-refractivity contribution in [2.45, 2.75) is 46.6 Å². The second-order valence-electron chi connectivity index (χ2n) is 5.26. The Balaban J connectivity index is 2.93. The molecule has 21 heavy (non-hydrogen) atoms. The number of hydrogen-bond acceptors (Lipinski definition) is 5. The molecule has 0 radical (unpaired) electrons. The van der Waals surface area contributed by atoms with Gasteiger partial charge in [-0.3, -0.25) is 4.79 Å². The summed E-state index contributed by atoms with van der Waals surface area (Å²) in [5.41, 5.74) is 0. The van der Waals surface area contributed by atoms with Gasteiger partial charge in [0.15, 0.2) is 0 Å². The van der Waals surface area contributed by atoms with Crippen molar-refractivity contribution in [3.05, 3.63) is 11.9 Å². The van der Waals surface area contributed by atoms with Crippen molar-refractivity contribution in [2.24, 2.45) is 0 Å². The van der Waals surface area contributed by atoms with Crippen LogP contribution in [0.5, 0.6) is 0 Å². The number of nitrogens with zero attached hydrogens (tertiary/aromatic N) is 3. The molecule has 6 nitrogen and oxygen atoms in total. The van der Waals surface area contributed by atoms with Crippen molar-refractivity contribution in [3.63, 3.8) is 0 Å². The molecule has 118 valence electrons. The van der Waals surface area contributed by atoms with Crippen molar-refractivity contribution in [2.75, 3.05) is 30.4 Å². The second-order valence-corrected chi connectivity index (χ2v) is 5.26. The van der Waals surface area contributed by atoms with E-state index in [1.54, 1.807) is 0 Å². The smallest absolute Gasteiger partial charge is 0.239 e. The van der Waals surface area contributed by atoms with Crippen LogP contribution in [0.2, 0.25) is 0 Å². The normalized spacial score (nSPS) is 10.6. The van der Waals surface area contributed by atoms with Crippen LogP contribution in [-0.4, -0.2) is 42.1 Å². The van der Waals surface area contributed by atoms with Crippen molar-refractivity contribution < 1.29 is 4.79 Å². The van der Waals surface area contributed by atoms with Gasteiger partial charge in [-0.2, -0.15) is 0 Å². The first-order valence-electron chi connectivity index (χ1n) is 7.60. The van der Waals surface area contributed by atoms with E-state index in [0.717, 1.165) is 36.8 Å². The molecule has 1 aromatic heterocycles. The van der Waals surface area contributed by atoms with Gasteiger partial charge in [0.1, 0.15) is 17.5 Å². The molecular weight excluding hydrogens is 266 g/mol. The summed E-state index contributed by atoms with van der Waals surface area (Å²) in [6.07, 6.45) is 1.82. The van der Waals surface area contributed by atoms with Crippen LogP contribution in [0.4, 0.5) is 11.6 Å². The van der Waals surface area contributed by atoms with Crippen LogP contribution < -0.4 is 15.5 Å². The number of amides is 1. The molecule has 0 saturated heterocycles. The third-order valence-electron chi connectivity index (χ3n) is 2.98. The van der Waals surface area contributed by atoms with Crippen molar-refractivity contribution >= 4 is 17.5 Å². The maximum Gasteiger partial charge on any atom is 0.239 e. The van der Waals surface area contributed by atoms with Gasteiger partial charge in [0.05, 0.1) is 6.54 Å². The zero-order valence-electron chi connectivity index (χ0n) is 13.7. The molecule has 0 unspecified atom stereocenters. The largest absolute Gasteiger partial charge is 0.373 e. The molecule has 1 aromatic rings. The highest BCUT2D eigenvalue weighted by Gasteiger charge is 2.14. The Bertz CT molecular complexity index is 461. The van der Waals surface area contributed by atoms with Gasteiger partial charge in [0.25, 0.3) is 0 Å². The molecule has 0 fully saturated rings. The first-order chi connectivity index (χ1) is 9.99. The summed E-state index contributed by atoms with van der Waals surface area (Å²) in [6.45, 7) is 9.05. The number of anilines is 2. The van der Waals surface area contributed by atoms with Gasteiger partial charge in [0.2, 0.25) is 5.91 Å². The Morgan fingerprint density at radius 3 is 2.57 bits per heavy atom. The van der Waals surface area contributed by atoms with Gasteiger partial charge in [-0.05, 0) is 27.2 Å². The highest BCUT2D eigenvalue weighted by Crippen LogP contribution is 2.16. The standard InChI is InChI=1S/C15H27N5O/c1-6-8-12-18-13(16-5)9-14(19-12)20(7-2)10-15(21)17-11(3)4/h9,11H,6-8,10H2,1-5H3,(H,17,21)(H,16,18,19). The molecule has 1 amide bonds. The molecule has 2 N–H and O–H groups in total. The number of likely N-dealkylation sites (N-methyl/N-ethyl adjacent to an activating group) is 1. The minimum atomic E-state index is 0.00788. The lowest BCUT2D eigenvalue weighted by Crippen LogP contribution is -2.40. The molecule has 0 spiro atoms. The number of carbonyl (C=O) groups excluding carboxylic acids is 1. The lowest BCUT2D eigenvalue weighted by Gasteiger charge is -2.23. The third-order valence-corrected chi connectivity index (χ3v) is 2.98. The zero-order valence-corrected chi connectivity index (χ0v) is 13.7. The molecule has 0 saturated carbocycles. The van der Waals surface area contributed by atoms with Crippen LogP contribution in [0.25, 0.3) is 0 Å². The number of carbonyl (C=O) groups is 1. The summed E-state index contributed by atoms with van der Waals surface area (Å²) >= 11 is 0. The fourth-order valence-electron chi connectivity index (χ4n) is 2.00. The number of aromatic nitrogens is 2. The Labute approximate surface area is 127 Å². The fraction of sp³-hybridized carbons (Fsp3) is 0.667. The molecule has 0 aliphatic rings. The predicted molar refractivity (Wildman–Crippen MR) is 86.7 cm³/mol. The Kier molecular flexibility index (Phi) is 6.91. The summed E-state index contributed by atoms with van der Waals surface area (Å²) in [5, 5.41) is 5.96. The molecule has 6 heteroatoms. The van der Waals surface area contributed by atoms with Crippen LogP contribution in [-0.2, 0) is 11.2 Å². The maximum absolute atomic E-state index is 11.9. The van der Waals surface area contributed by atoms with E-state index < -0.39 is 0 Å². The van der Waals surface area contributed by atoms with E-state index in [4.69, 9.17) is 0 Å². The highest BCUT2D eigenvalue weighted by molar-refractivity contribution is 5.81. The molecule has 1 rings (SSSR count). The van der Waals surface area contributed by atoms with Crippen LogP contribution in [0, 0.1) is 0 Å². The SMILES string of the molecule is CCCc1nc(NC)cc(N(CC)CC(=O)NC(C)C)n1. The lowest BCUT2D eigenvalue weighted by molar-refractivity contribution is -0.120. The van der Waals surface area contributed by atoms with E-state index in [2.05, 4.69) is 27.5 Å².